The lowest BCUT2D eigenvalue weighted by Gasteiger charge is -2.10. The SMILES string of the molecule is COc1ccc(-n2ccnc2SCc2csc(-c3cccc(OC)c3OC)n2)cc1. The van der Waals surface area contributed by atoms with Crippen molar-refractivity contribution in [2.45, 2.75) is 10.9 Å². The summed E-state index contributed by atoms with van der Waals surface area (Å²) in [5.41, 5.74) is 2.96. The smallest absolute Gasteiger partial charge is 0.172 e. The number of nitrogens with zero attached hydrogens (tertiary/aromatic N) is 3. The third kappa shape index (κ3) is 4.15. The summed E-state index contributed by atoms with van der Waals surface area (Å²) in [6.07, 6.45) is 3.76. The second-order valence-corrected chi connectivity index (χ2v) is 8.05. The van der Waals surface area contributed by atoms with Gasteiger partial charge in [0.15, 0.2) is 16.7 Å². The molecule has 8 heteroatoms. The zero-order chi connectivity index (χ0) is 20.9. The summed E-state index contributed by atoms with van der Waals surface area (Å²) >= 11 is 3.24. The highest BCUT2D eigenvalue weighted by molar-refractivity contribution is 7.98. The predicted molar refractivity (Wildman–Crippen MR) is 120 cm³/mol. The summed E-state index contributed by atoms with van der Waals surface area (Å²) in [6.45, 7) is 0. The number of benzene rings is 2. The third-order valence-corrected chi connectivity index (χ3v) is 6.42. The average Bonchev–Trinajstić information content (AvgIpc) is 3.46. The van der Waals surface area contributed by atoms with Gasteiger partial charge in [-0.2, -0.15) is 0 Å². The van der Waals surface area contributed by atoms with Crippen LogP contribution in [-0.4, -0.2) is 35.9 Å². The molecule has 0 aliphatic carbocycles. The molecular formula is C22H21N3O3S2. The van der Waals surface area contributed by atoms with Crippen LogP contribution in [0.25, 0.3) is 16.3 Å². The van der Waals surface area contributed by atoms with Crippen molar-refractivity contribution in [3.05, 3.63) is 65.9 Å². The molecule has 0 bridgehead atoms. The Labute approximate surface area is 183 Å². The van der Waals surface area contributed by atoms with Gasteiger partial charge >= 0.3 is 0 Å². The van der Waals surface area contributed by atoms with Crippen LogP contribution in [0.1, 0.15) is 5.69 Å². The number of thiazole rings is 1. The second kappa shape index (κ2) is 9.23. The van der Waals surface area contributed by atoms with Crippen molar-refractivity contribution >= 4 is 23.1 Å². The Morgan fingerprint density at radius 2 is 1.83 bits per heavy atom. The Morgan fingerprint density at radius 3 is 2.57 bits per heavy atom. The van der Waals surface area contributed by atoms with E-state index in [0.717, 1.165) is 38.6 Å². The van der Waals surface area contributed by atoms with Crippen molar-refractivity contribution in [3.8, 4) is 33.5 Å². The van der Waals surface area contributed by atoms with Crippen molar-refractivity contribution in [1.82, 2.24) is 14.5 Å². The lowest BCUT2D eigenvalue weighted by Crippen LogP contribution is -1.96. The van der Waals surface area contributed by atoms with E-state index < -0.39 is 0 Å². The van der Waals surface area contributed by atoms with Gasteiger partial charge in [0.2, 0.25) is 0 Å². The number of imidazole rings is 1. The van der Waals surface area contributed by atoms with Gasteiger partial charge in [-0.05, 0) is 36.4 Å². The Kier molecular flexibility index (Phi) is 6.25. The van der Waals surface area contributed by atoms with Crippen LogP contribution in [0.15, 0.2) is 65.4 Å². The van der Waals surface area contributed by atoms with Gasteiger partial charge in [0.1, 0.15) is 10.8 Å². The summed E-state index contributed by atoms with van der Waals surface area (Å²) in [4.78, 5) is 9.30. The first-order chi connectivity index (χ1) is 14.7. The molecule has 0 amide bonds. The van der Waals surface area contributed by atoms with Crippen LogP contribution < -0.4 is 14.2 Å². The van der Waals surface area contributed by atoms with E-state index in [1.807, 2.05) is 48.7 Å². The molecule has 2 aromatic carbocycles. The molecule has 4 aromatic rings. The highest BCUT2D eigenvalue weighted by Gasteiger charge is 2.15. The molecule has 0 saturated carbocycles. The molecule has 0 unspecified atom stereocenters. The number of methoxy groups -OCH3 is 3. The Hall–Kier alpha value is -2.97. The largest absolute Gasteiger partial charge is 0.497 e. The highest BCUT2D eigenvalue weighted by Crippen LogP contribution is 2.39. The molecule has 6 nitrogen and oxygen atoms in total. The van der Waals surface area contributed by atoms with Crippen molar-refractivity contribution < 1.29 is 14.2 Å². The molecule has 0 radical (unpaired) electrons. The van der Waals surface area contributed by atoms with Crippen LogP contribution in [0.3, 0.4) is 0 Å². The maximum atomic E-state index is 5.55. The zero-order valence-electron chi connectivity index (χ0n) is 16.9. The fraction of sp³-hybridized carbons (Fsp3) is 0.182. The van der Waals surface area contributed by atoms with Crippen LogP contribution in [0, 0.1) is 0 Å². The molecule has 2 aromatic heterocycles. The number of hydrogen-bond acceptors (Lipinski definition) is 7. The van der Waals surface area contributed by atoms with Crippen molar-refractivity contribution in [1.29, 1.82) is 0 Å². The number of thioether (sulfide) groups is 1. The van der Waals surface area contributed by atoms with Crippen molar-refractivity contribution in [2.24, 2.45) is 0 Å². The van der Waals surface area contributed by atoms with E-state index in [0.29, 0.717) is 11.5 Å². The summed E-state index contributed by atoms with van der Waals surface area (Å²) in [6, 6.07) is 13.7. The molecule has 0 saturated heterocycles. The van der Waals surface area contributed by atoms with Crippen molar-refractivity contribution in [3.63, 3.8) is 0 Å². The van der Waals surface area contributed by atoms with Gasteiger partial charge in [0.25, 0.3) is 0 Å². The van der Waals surface area contributed by atoms with Crippen molar-refractivity contribution in [2.75, 3.05) is 21.3 Å². The van der Waals surface area contributed by atoms with E-state index in [-0.39, 0.29) is 0 Å². The maximum Gasteiger partial charge on any atom is 0.172 e. The van der Waals surface area contributed by atoms with Gasteiger partial charge in [-0.25, -0.2) is 9.97 Å². The molecule has 0 N–H and O–H groups in total. The second-order valence-electron chi connectivity index (χ2n) is 6.25. The summed E-state index contributed by atoms with van der Waals surface area (Å²) in [7, 11) is 4.94. The molecule has 4 rings (SSSR count). The Balaban J connectivity index is 1.51. The lowest BCUT2D eigenvalue weighted by atomic mass is 10.2. The van der Waals surface area contributed by atoms with Gasteiger partial charge in [-0.3, -0.25) is 4.57 Å². The molecule has 0 atom stereocenters. The Bertz CT molecular complexity index is 1120. The molecule has 30 heavy (non-hydrogen) atoms. The van der Waals surface area contributed by atoms with E-state index in [9.17, 15) is 0 Å². The predicted octanol–water partition coefficient (Wildman–Crippen LogP) is 5.31. The van der Waals surface area contributed by atoms with Crippen LogP contribution in [0.2, 0.25) is 0 Å². The average molecular weight is 440 g/mol. The fourth-order valence-electron chi connectivity index (χ4n) is 3.03. The maximum absolute atomic E-state index is 5.55. The number of para-hydroxylation sites is 1. The fourth-order valence-corrected chi connectivity index (χ4v) is 4.84. The summed E-state index contributed by atoms with van der Waals surface area (Å²) < 4.78 is 18.2. The summed E-state index contributed by atoms with van der Waals surface area (Å²) in [5.74, 6) is 2.94. The number of ether oxygens (including phenoxy) is 3. The van der Waals surface area contributed by atoms with Crippen LogP contribution in [-0.2, 0) is 5.75 Å². The van der Waals surface area contributed by atoms with Crippen LogP contribution in [0.5, 0.6) is 17.2 Å². The highest BCUT2D eigenvalue weighted by atomic mass is 32.2. The van der Waals surface area contributed by atoms with Gasteiger partial charge in [-0.1, -0.05) is 17.8 Å². The van der Waals surface area contributed by atoms with E-state index in [4.69, 9.17) is 19.2 Å². The standard InChI is InChI=1S/C22H21N3O3S2/c1-26-17-9-7-16(8-10-17)25-12-11-23-22(25)30-14-15-13-29-21(24-15)18-5-4-6-19(27-2)20(18)28-3/h4-13H,14H2,1-3H3. The van der Waals surface area contributed by atoms with E-state index in [1.165, 1.54) is 0 Å². The molecule has 0 spiro atoms. The third-order valence-electron chi connectivity index (χ3n) is 4.49. The van der Waals surface area contributed by atoms with E-state index >= 15 is 0 Å². The number of hydrogen-bond donors (Lipinski definition) is 0. The van der Waals surface area contributed by atoms with Gasteiger partial charge in [-0.15, -0.1) is 11.3 Å². The molecule has 0 aliphatic heterocycles. The molecule has 154 valence electrons. The molecular weight excluding hydrogens is 418 g/mol. The first-order valence-corrected chi connectivity index (χ1v) is 11.1. The topological polar surface area (TPSA) is 58.4 Å². The minimum absolute atomic E-state index is 0.697. The minimum Gasteiger partial charge on any atom is -0.497 e. The minimum atomic E-state index is 0.697. The Morgan fingerprint density at radius 1 is 1.00 bits per heavy atom. The van der Waals surface area contributed by atoms with Gasteiger partial charge in [0.05, 0.1) is 32.6 Å². The van der Waals surface area contributed by atoms with Crippen LogP contribution >= 0.6 is 23.1 Å². The number of rotatable bonds is 8. The molecule has 2 heterocycles. The molecule has 0 fully saturated rings. The first-order valence-electron chi connectivity index (χ1n) is 9.20. The normalized spacial score (nSPS) is 10.8. The quantitative estimate of drug-likeness (QED) is 0.347. The van der Waals surface area contributed by atoms with Crippen LogP contribution in [0.4, 0.5) is 0 Å². The van der Waals surface area contributed by atoms with E-state index in [2.05, 4.69) is 14.9 Å². The van der Waals surface area contributed by atoms with Gasteiger partial charge < -0.3 is 14.2 Å². The van der Waals surface area contributed by atoms with E-state index in [1.54, 1.807) is 50.6 Å². The summed E-state index contributed by atoms with van der Waals surface area (Å²) in [5, 5.41) is 3.88. The number of aromatic nitrogens is 3. The van der Waals surface area contributed by atoms with Gasteiger partial charge in [0, 0.05) is 29.2 Å². The molecule has 0 aliphatic rings. The monoisotopic (exact) mass is 439 g/mol. The lowest BCUT2D eigenvalue weighted by molar-refractivity contribution is 0.356. The first kappa shape index (κ1) is 20.3. The zero-order valence-corrected chi connectivity index (χ0v) is 18.5.